The van der Waals surface area contributed by atoms with Crippen LogP contribution in [0, 0.1) is 0 Å². The highest BCUT2D eigenvalue weighted by molar-refractivity contribution is 5.99. The first kappa shape index (κ1) is 15.6. The Labute approximate surface area is 120 Å². The zero-order valence-electron chi connectivity index (χ0n) is 11.6. The highest BCUT2D eigenvalue weighted by atomic mass is 19.4. The van der Waals surface area contributed by atoms with Crippen LogP contribution in [-0.4, -0.2) is 36.6 Å². The minimum atomic E-state index is -4.50. The molecule has 0 bridgehead atoms. The second kappa shape index (κ2) is 5.93. The van der Waals surface area contributed by atoms with E-state index in [4.69, 9.17) is 10.5 Å². The fourth-order valence-electron chi connectivity index (χ4n) is 2.27. The van der Waals surface area contributed by atoms with Crippen LogP contribution < -0.4 is 5.73 Å². The maximum absolute atomic E-state index is 12.7. The van der Waals surface area contributed by atoms with Gasteiger partial charge in [-0.3, -0.25) is 4.79 Å². The summed E-state index contributed by atoms with van der Waals surface area (Å²) in [5.41, 5.74) is 4.73. The van der Waals surface area contributed by atoms with Gasteiger partial charge in [0.2, 0.25) is 0 Å². The number of benzene rings is 1. The highest BCUT2D eigenvalue weighted by Crippen LogP contribution is 2.31. The summed E-state index contributed by atoms with van der Waals surface area (Å²) in [6, 6.07) is 2.81. The van der Waals surface area contributed by atoms with Crippen molar-refractivity contribution in [2.75, 3.05) is 25.4 Å². The largest absolute Gasteiger partial charge is 0.416 e. The molecule has 21 heavy (non-hydrogen) atoms. The normalized spacial score (nSPS) is 20.2. The first-order valence-electron chi connectivity index (χ1n) is 6.66. The van der Waals surface area contributed by atoms with Gasteiger partial charge in [0.25, 0.3) is 5.91 Å². The molecule has 1 saturated heterocycles. The van der Waals surface area contributed by atoms with Gasteiger partial charge in [-0.1, -0.05) is 0 Å². The molecule has 0 aliphatic carbocycles. The standard InChI is InChI=1S/C14H17F3N2O2/c1-9-8-19(5-2-6-21-9)13(20)11-7-10(14(15,16)17)3-4-12(11)18/h3-4,7,9H,2,5-6,8,18H2,1H3. The van der Waals surface area contributed by atoms with E-state index in [9.17, 15) is 18.0 Å². The number of alkyl halides is 3. The van der Waals surface area contributed by atoms with Crippen molar-refractivity contribution >= 4 is 11.6 Å². The Bertz CT molecular complexity index is 531. The average molecular weight is 302 g/mol. The number of nitrogens with two attached hydrogens (primary N) is 1. The lowest BCUT2D eigenvalue weighted by molar-refractivity contribution is -0.137. The van der Waals surface area contributed by atoms with Crippen molar-refractivity contribution in [1.29, 1.82) is 0 Å². The lowest BCUT2D eigenvalue weighted by atomic mass is 10.1. The molecule has 7 heteroatoms. The number of hydrogen-bond donors (Lipinski definition) is 1. The van der Waals surface area contributed by atoms with Gasteiger partial charge in [0, 0.05) is 25.4 Å². The Morgan fingerprint density at radius 2 is 2.14 bits per heavy atom. The molecule has 1 aliphatic heterocycles. The van der Waals surface area contributed by atoms with Crippen LogP contribution in [0.1, 0.15) is 29.3 Å². The van der Waals surface area contributed by atoms with Crippen molar-refractivity contribution in [2.45, 2.75) is 25.6 Å². The maximum Gasteiger partial charge on any atom is 0.416 e. The lowest BCUT2D eigenvalue weighted by Crippen LogP contribution is -2.36. The second-order valence-electron chi connectivity index (χ2n) is 5.09. The van der Waals surface area contributed by atoms with Crippen LogP contribution in [0.15, 0.2) is 18.2 Å². The van der Waals surface area contributed by atoms with Crippen LogP contribution in [-0.2, 0) is 10.9 Å². The third-order valence-corrected chi connectivity index (χ3v) is 3.35. The fourth-order valence-corrected chi connectivity index (χ4v) is 2.27. The van der Waals surface area contributed by atoms with Crippen LogP contribution in [0.2, 0.25) is 0 Å². The molecule has 1 fully saturated rings. The van der Waals surface area contributed by atoms with E-state index in [1.807, 2.05) is 6.92 Å². The van der Waals surface area contributed by atoms with Crippen LogP contribution >= 0.6 is 0 Å². The second-order valence-corrected chi connectivity index (χ2v) is 5.09. The molecule has 0 aromatic heterocycles. The number of carbonyl (C=O) groups is 1. The third-order valence-electron chi connectivity index (χ3n) is 3.35. The van der Waals surface area contributed by atoms with Crippen LogP contribution in [0.3, 0.4) is 0 Å². The van der Waals surface area contributed by atoms with Crippen LogP contribution in [0.4, 0.5) is 18.9 Å². The van der Waals surface area contributed by atoms with Crippen LogP contribution in [0.5, 0.6) is 0 Å². The molecule has 1 aliphatic rings. The van der Waals surface area contributed by atoms with Gasteiger partial charge in [0.1, 0.15) is 0 Å². The van der Waals surface area contributed by atoms with Crippen molar-refractivity contribution < 1.29 is 22.7 Å². The highest BCUT2D eigenvalue weighted by Gasteiger charge is 2.32. The minimum Gasteiger partial charge on any atom is -0.398 e. The van der Waals surface area contributed by atoms with E-state index >= 15 is 0 Å². The molecule has 2 rings (SSSR count). The topological polar surface area (TPSA) is 55.6 Å². The zero-order chi connectivity index (χ0) is 15.6. The predicted molar refractivity (Wildman–Crippen MR) is 71.8 cm³/mol. The van der Waals surface area contributed by atoms with Gasteiger partial charge in [-0.25, -0.2) is 0 Å². The molecule has 2 N–H and O–H groups in total. The number of anilines is 1. The summed E-state index contributed by atoms with van der Waals surface area (Å²) in [6.45, 7) is 3.14. The molecular formula is C14H17F3N2O2. The number of rotatable bonds is 1. The van der Waals surface area contributed by atoms with Crippen molar-refractivity contribution in [2.24, 2.45) is 0 Å². The molecule has 1 aromatic carbocycles. The Morgan fingerprint density at radius 3 is 2.81 bits per heavy atom. The van der Waals surface area contributed by atoms with Gasteiger partial charge >= 0.3 is 6.18 Å². The number of halogens is 3. The summed E-state index contributed by atoms with van der Waals surface area (Å²) in [7, 11) is 0. The van der Waals surface area contributed by atoms with E-state index in [1.165, 1.54) is 4.90 Å². The van der Waals surface area contributed by atoms with E-state index in [1.54, 1.807) is 0 Å². The predicted octanol–water partition coefficient (Wildman–Crippen LogP) is 2.54. The first-order valence-corrected chi connectivity index (χ1v) is 6.66. The van der Waals surface area contributed by atoms with E-state index in [0.717, 1.165) is 18.2 Å². The number of nitrogens with zero attached hydrogens (tertiary/aromatic N) is 1. The van der Waals surface area contributed by atoms with E-state index in [2.05, 4.69) is 0 Å². The molecule has 1 amide bonds. The average Bonchev–Trinajstić information content (AvgIpc) is 2.62. The van der Waals surface area contributed by atoms with E-state index in [0.29, 0.717) is 26.1 Å². The molecule has 1 atom stereocenters. The molecule has 4 nitrogen and oxygen atoms in total. The molecule has 1 aromatic rings. The fraction of sp³-hybridized carbons (Fsp3) is 0.500. The Kier molecular flexibility index (Phi) is 4.41. The summed E-state index contributed by atoms with van der Waals surface area (Å²) < 4.78 is 43.7. The lowest BCUT2D eigenvalue weighted by Gasteiger charge is -2.23. The van der Waals surface area contributed by atoms with Crippen molar-refractivity contribution in [3.63, 3.8) is 0 Å². The molecule has 0 saturated carbocycles. The molecule has 1 heterocycles. The van der Waals surface area contributed by atoms with Crippen molar-refractivity contribution in [1.82, 2.24) is 4.90 Å². The van der Waals surface area contributed by atoms with E-state index < -0.39 is 17.6 Å². The molecular weight excluding hydrogens is 285 g/mol. The summed E-state index contributed by atoms with van der Waals surface area (Å²) in [4.78, 5) is 13.9. The SMILES string of the molecule is CC1CN(C(=O)c2cc(C(F)(F)F)ccc2N)CCCO1. The number of hydrogen-bond acceptors (Lipinski definition) is 3. The number of carbonyl (C=O) groups excluding carboxylic acids is 1. The van der Waals surface area contributed by atoms with E-state index in [-0.39, 0.29) is 17.4 Å². The molecule has 0 radical (unpaired) electrons. The Balaban J connectivity index is 2.29. The monoisotopic (exact) mass is 302 g/mol. The molecule has 0 spiro atoms. The van der Waals surface area contributed by atoms with Gasteiger partial charge < -0.3 is 15.4 Å². The minimum absolute atomic E-state index is 0.0471. The summed E-state index contributed by atoms with van der Waals surface area (Å²) in [5, 5.41) is 0. The zero-order valence-corrected chi connectivity index (χ0v) is 11.6. The van der Waals surface area contributed by atoms with Gasteiger partial charge in [0.05, 0.1) is 17.2 Å². The van der Waals surface area contributed by atoms with Gasteiger partial charge in [-0.05, 0) is 31.5 Å². The molecule has 1 unspecified atom stereocenters. The quantitative estimate of drug-likeness (QED) is 0.811. The molecule has 116 valence electrons. The van der Waals surface area contributed by atoms with Crippen LogP contribution in [0.25, 0.3) is 0 Å². The Morgan fingerprint density at radius 1 is 1.43 bits per heavy atom. The van der Waals surface area contributed by atoms with Crippen molar-refractivity contribution in [3.8, 4) is 0 Å². The number of ether oxygens (including phenoxy) is 1. The summed E-state index contributed by atoms with van der Waals surface area (Å²) >= 11 is 0. The number of amides is 1. The summed E-state index contributed by atoms with van der Waals surface area (Å²) in [6.07, 6.45) is -4.00. The van der Waals surface area contributed by atoms with Gasteiger partial charge in [-0.2, -0.15) is 13.2 Å². The van der Waals surface area contributed by atoms with Crippen molar-refractivity contribution in [3.05, 3.63) is 29.3 Å². The van der Waals surface area contributed by atoms with Gasteiger partial charge in [0.15, 0.2) is 0 Å². The first-order chi connectivity index (χ1) is 9.79. The summed E-state index contributed by atoms with van der Waals surface area (Å²) in [5.74, 6) is -0.490. The Hall–Kier alpha value is -1.76. The van der Waals surface area contributed by atoms with Gasteiger partial charge in [-0.15, -0.1) is 0 Å². The smallest absolute Gasteiger partial charge is 0.398 e. The maximum atomic E-state index is 12.7. The third kappa shape index (κ3) is 3.66. The number of nitrogen functional groups attached to an aromatic ring is 1.